The fourth-order valence-corrected chi connectivity index (χ4v) is 1.79. The number of nitrogens with one attached hydrogen (secondary N) is 2. The largest absolute Gasteiger partial charge is 0.394 e. The molecular formula is C12H22N2O2. The minimum Gasteiger partial charge on any atom is -0.394 e. The summed E-state index contributed by atoms with van der Waals surface area (Å²) in [6.45, 7) is 2.41. The number of hydrogen-bond acceptors (Lipinski definition) is 2. The average Bonchev–Trinajstić information content (AvgIpc) is 2.30. The van der Waals surface area contributed by atoms with Crippen LogP contribution in [0.3, 0.4) is 0 Å². The molecule has 0 radical (unpaired) electrons. The van der Waals surface area contributed by atoms with Crippen LogP contribution in [-0.2, 0) is 0 Å². The standard InChI is InChI=1S/C12H22N2O2/c1-10(9-15)14-12(16)13-8-7-11-5-3-2-4-6-11/h5,10,15H,2-4,6-9H2,1H3,(H2,13,14,16). The Labute approximate surface area is 97.1 Å². The van der Waals surface area contributed by atoms with Crippen LogP contribution in [0.25, 0.3) is 0 Å². The van der Waals surface area contributed by atoms with Crippen LogP contribution in [0.1, 0.15) is 39.0 Å². The van der Waals surface area contributed by atoms with Gasteiger partial charge in [0.05, 0.1) is 12.6 Å². The molecule has 4 nitrogen and oxygen atoms in total. The number of aliphatic hydroxyl groups excluding tert-OH is 1. The first-order valence-electron chi connectivity index (χ1n) is 6.05. The lowest BCUT2D eigenvalue weighted by Crippen LogP contribution is -2.42. The van der Waals surface area contributed by atoms with Gasteiger partial charge in [-0.05, 0) is 39.0 Å². The summed E-state index contributed by atoms with van der Waals surface area (Å²) in [7, 11) is 0. The van der Waals surface area contributed by atoms with E-state index in [2.05, 4.69) is 16.7 Å². The van der Waals surface area contributed by atoms with E-state index in [1.54, 1.807) is 6.92 Å². The maximum absolute atomic E-state index is 11.3. The van der Waals surface area contributed by atoms with Crippen LogP contribution in [-0.4, -0.2) is 30.3 Å². The van der Waals surface area contributed by atoms with Gasteiger partial charge in [-0.2, -0.15) is 0 Å². The summed E-state index contributed by atoms with van der Waals surface area (Å²) in [6, 6.07) is -0.383. The number of carbonyl (C=O) groups excluding carboxylic acids is 1. The first-order chi connectivity index (χ1) is 7.72. The molecule has 1 atom stereocenters. The SMILES string of the molecule is CC(CO)NC(=O)NCCC1=CCCCC1. The quantitative estimate of drug-likeness (QED) is 0.623. The van der Waals surface area contributed by atoms with E-state index in [9.17, 15) is 4.79 Å². The van der Waals surface area contributed by atoms with Crippen LogP contribution in [0.15, 0.2) is 11.6 Å². The van der Waals surface area contributed by atoms with E-state index in [-0.39, 0.29) is 18.7 Å². The molecule has 0 fully saturated rings. The highest BCUT2D eigenvalue weighted by Crippen LogP contribution is 2.19. The Bertz CT molecular complexity index is 251. The van der Waals surface area contributed by atoms with Gasteiger partial charge in [-0.1, -0.05) is 11.6 Å². The Hall–Kier alpha value is -1.03. The van der Waals surface area contributed by atoms with E-state index in [0.717, 1.165) is 6.42 Å². The van der Waals surface area contributed by atoms with Gasteiger partial charge in [0.1, 0.15) is 0 Å². The second-order valence-corrected chi connectivity index (χ2v) is 4.34. The van der Waals surface area contributed by atoms with Crippen LogP contribution < -0.4 is 10.6 Å². The van der Waals surface area contributed by atoms with Crippen LogP contribution in [0.5, 0.6) is 0 Å². The van der Waals surface area contributed by atoms with Gasteiger partial charge in [0, 0.05) is 6.54 Å². The van der Waals surface area contributed by atoms with E-state index in [1.807, 2.05) is 0 Å². The van der Waals surface area contributed by atoms with E-state index in [4.69, 9.17) is 5.11 Å². The molecule has 0 aliphatic heterocycles. The van der Waals surface area contributed by atoms with Gasteiger partial charge in [0.15, 0.2) is 0 Å². The number of urea groups is 1. The molecule has 0 spiro atoms. The summed E-state index contributed by atoms with van der Waals surface area (Å²) in [6.07, 6.45) is 8.17. The molecule has 0 saturated carbocycles. The third-order valence-electron chi connectivity index (χ3n) is 2.77. The predicted octanol–water partition coefficient (Wildman–Crippen LogP) is 1.56. The Morgan fingerprint density at radius 3 is 3.00 bits per heavy atom. The van der Waals surface area contributed by atoms with Crippen molar-refractivity contribution in [3.8, 4) is 0 Å². The fraction of sp³-hybridized carbons (Fsp3) is 0.750. The van der Waals surface area contributed by atoms with E-state index in [0.29, 0.717) is 6.54 Å². The fourth-order valence-electron chi connectivity index (χ4n) is 1.79. The van der Waals surface area contributed by atoms with Crippen LogP contribution >= 0.6 is 0 Å². The molecule has 4 heteroatoms. The molecule has 1 rings (SSSR count). The van der Waals surface area contributed by atoms with Crippen LogP contribution in [0.2, 0.25) is 0 Å². The van der Waals surface area contributed by atoms with Gasteiger partial charge >= 0.3 is 6.03 Å². The summed E-state index contributed by atoms with van der Waals surface area (Å²) in [5.74, 6) is 0. The minimum absolute atomic E-state index is 0.0292. The second-order valence-electron chi connectivity index (χ2n) is 4.34. The number of hydrogen-bond donors (Lipinski definition) is 3. The van der Waals surface area contributed by atoms with Gasteiger partial charge < -0.3 is 15.7 Å². The van der Waals surface area contributed by atoms with Gasteiger partial charge in [0.25, 0.3) is 0 Å². The van der Waals surface area contributed by atoms with E-state index < -0.39 is 0 Å². The van der Waals surface area contributed by atoms with Crippen LogP contribution in [0.4, 0.5) is 4.79 Å². The van der Waals surface area contributed by atoms with Crippen molar-refractivity contribution in [1.29, 1.82) is 0 Å². The number of aliphatic hydroxyl groups is 1. The van der Waals surface area contributed by atoms with Crippen molar-refractivity contribution < 1.29 is 9.90 Å². The molecule has 0 aromatic heterocycles. The molecule has 0 saturated heterocycles. The third kappa shape index (κ3) is 5.16. The van der Waals surface area contributed by atoms with Crippen molar-refractivity contribution in [1.82, 2.24) is 10.6 Å². The Kier molecular flexibility index (Phi) is 5.93. The molecule has 2 amide bonds. The average molecular weight is 226 g/mol. The van der Waals surface area contributed by atoms with Gasteiger partial charge in [-0.3, -0.25) is 0 Å². The molecule has 1 aliphatic carbocycles. The van der Waals surface area contributed by atoms with Crippen molar-refractivity contribution >= 4 is 6.03 Å². The number of allylic oxidation sites excluding steroid dienone is 1. The first-order valence-corrected chi connectivity index (χ1v) is 6.05. The molecule has 3 N–H and O–H groups in total. The third-order valence-corrected chi connectivity index (χ3v) is 2.77. The lowest BCUT2D eigenvalue weighted by Gasteiger charge is -2.14. The number of rotatable bonds is 5. The molecule has 1 aliphatic rings. The predicted molar refractivity (Wildman–Crippen MR) is 64.3 cm³/mol. The molecule has 16 heavy (non-hydrogen) atoms. The molecular weight excluding hydrogens is 204 g/mol. The molecule has 92 valence electrons. The van der Waals surface area contributed by atoms with E-state index >= 15 is 0 Å². The monoisotopic (exact) mass is 226 g/mol. The van der Waals surface area contributed by atoms with Gasteiger partial charge in [0.2, 0.25) is 0 Å². The lowest BCUT2D eigenvalue weighted by molar-refractivity contribution is 0.220. The molecule has 1 unspecified atom stereocenters. The zero-order valence-electron chi connectivity index (χ0n) is 9.96. The number of carbonyl (C=O) groups is 1. The van der Waals surface area contributed by atoms with Crippen molar-refractivity contribution in [2.45, 2.75) is 45.1 Å². The second kappa shape index (κ2) is 7.28. The van der Waals surface area contributed by atoms with Crippen molar-refractivity contribution in [3.05, 3.63) is 11.6 Å². The Morgan fingerprint density at radius 2 is 2.38 bits per heavy atom. The highest BCUT2D eigenvalue weighted by Gasteiger charge is 2.06. The summed E-state index contributed by atoms with van der Waals surface area (Å²) >= 11 is 0. The molecule has 0 bridgehead atoms. The first kappa shape index (κ1) is 13.0. The van der Waals surface area contributed by atoms with E-state index in [1.165, 1.54) is 31.3 Å². The topological polar surface area (TPSA) is 61.4 Å². The molecule has 0 aromatic rings. The van der Waals surface area contributed by atoms with Gasteiger partial charge in [-0.15, -0.1) is 0 Å². The van der Waals surface area contributed by atoms with Crippen molar-refractivity contribution in [2.24, 2.45) is 0 Å². The highest BCUT2D eigenvalue weighted by molar-refractivity contribution is 5.74. The Morgan fingerprint density at radius 1 is 1.56 bits per heavy atom. The maximum Gasteiger partial charge on any atom is 0.315 e. The minimum atomic E-state index is -0.196. The highest BCUT2D eigenvalue weighted by atomic mass is 16.3. The van der Waals surface area contributed by atoms with Crippen molar-refractivity contribution in [2.75, 3.05) is 13.2 Å². The normalized spacial score (nSPS) is 17.5. The lowest BCUT2D eigenvalue weighted by atomic mass is 9.97. The summed E-state index contributed by atoms with van der Waals surface area (Å²) < 4.78 is 0. The summed E-state index contributed by atoms with van der Waals surface area (Å²) in [5, 5.41) is 14.2. The molecule has 0 aromatic carbocycles. The molecule has 0 heterocycles. The summed E-state index contributed by atoms with van der Waals surface area (Å²) in [4.78, 5) is 11.3. The van der Waals surface area contributed by atoms with Crippen molar-refractivity contribution in [3.63, 3.8) is 0 Å². The maximum atomic E-state index is 11.3. The van der Waals surface area contributed by atoms with Gasteiger partial charge in [-0.25, -0.2) is 4.79 Å². The summed E-state index contributed by atoms with van der Waals surface area (Å²) in [5.41, 5.74) is 1.46. The van der Waals surface area contributed by atoms with Crippen LogP contribution in [0, 0.1) is 0 Å². The smallest absolute Gasteiger partial charge is 0.315 e. The zero-order valence-corrected chi connectivity index (χ0v) is 9.96. The Balaban J connectivity index is 2.10. The number of amides is 2. The zero-order chi connectivity index (χ0) is 11.8.